The third-order valence-corrected chi connectivity index (χ3v) is 4.78. The van der Waals surface area contributed by atoms with Gasteiger partial charge in [-0.3, -0.25) is 4.79 Å². The number of halogens is 1. The van der Waals surface area contributed by atoms with Crippen molar-refractivity contribution < 1.29 is 13.9 Å². The molecule has 1 saturated carbocycles. The van der Waals surface area contributed by atoms with Gasteiger partial charge in [0.1, 0.15) is 17.6 Å². The average Bonchev–Trinajstić information content (AvgIpc) is 3.40. The Kier molecular flexibility index (Phi) is 5.32. The van der Waals surface area contributed by atoms with E-state index in [2.05, 4.69) is 15.4 Å². The summed E-state index contributed by atoms with van der Waals surface area (Å²) < 4.78 is 21.0. The Hall–Kier alpha value is -3.22. The molecule has 7 heteroatoms. The van der Waals surface area contributed by atoms with Gasteiger partial charge in [-0.15, -0.1) is 0 Å². The van der Waals surface area contributed by atoms with E-state index in [9.17, 15) is 9.18 Å². The van der Waals surface area contributed by atoms with E-state index in [1.807, 2.05) is 12.1 Å². The zero-order chi connectivity index (χ0) is 19.3. The number of nitrogens with one attached hydrogen (secondary N) is 1. The molecule has 2 heterocycles. The molecule has 0 saturated heterocycles. The van der Waals surface area contributed by atoms with E-state index in [0.29, 0.717) is 23.7 Å². The first-order valence-corrected chi connectivity index (χ1v) is 9.38. The minimum atomic E-state index is -0.399. The molecule has 2 aromatic heterocycles. The molecule has 1 N–H and O–H groups in total. The summed E-state index contributed by atoms with van der Waals surface area (Å²) >= 11 is 0. The predicted octanol–water partition coefficient (Wildman–Crippen LogP) is 3.66. The fourth-order valence-electron chi connectivity index (χ4n) is 3.26. The normalized spacial score (nSPS) is 14.2. The number of ether oxygens (including phenoxy) is 1. The fraction of sp³-hybridized carbons (Fsp3) is 0.286. The van der Waals surface area contributed by atoms with Crippen molar-refractivity contribution in [2.75, 3.05) is 0 Å². The third-order valence-electron chi connectivity index (χ3n) is 4.78. The lowest BCUT2D eigenvalue weighted by molar-refractivity contribution is 0.0951. The molecule has 0 atom stereocenters. The molecule has 1 aliphatic rings. The van der Waals surface area contributed by atoms with Crippen LogP contribution in [0.4, 0.5) is 4.39 Å². The van der Waals surface area contributed by atoms with Gasteiger partial charge in [0.2, 0.25) is 5.88 Å². The van der Waals surface area contributed by atoms with E-state index in [1.54, 1.807) is 24.4 Å². The molecule has 144 valence electrons. The van der Waals surface area contributed by atoms with Crippen molar-refractivity contribution in [1.82, 2.24) is 20.1 Å². The number of hydrogen-bond acceptors (Lipinski definition) is 4. The SMILES string of the molecule is O=C(NCc1ccc(OC2CCCC2)nc1)c1cnn(-c2ccccc2F)c1. The van der Waals surface area contributed by atoms with Crippen LogP contribution in [0.25, 0.3) is 5.69 Å². The molecule has 4 rings (SSSR count). The number of benzene rings is 1. The summed E-state index contributed by atoms with van der Waals surface area (Å²) in [4.78, 5) is 16.7. The number of nitrogens with zero attached hydrogens (tertiary/aromatic N) is 3. The second-order valence-corrected chi connectivity index (χ2v) is 6.84. The topological polar surface area (TPSA) is 69.0 Å². The maximum Gasteiger partial charge on any atom is 0.254 e. The van der Waals surface area contributed by atoms with Crippen molar-refractivity contribution in [3.05, 3.63) is 71.9 Å². The van der Waals surface area contributed by atoms with Gasteiger partial charge in [-0.2, -0.15) is 5.10 Å². The maximum absolute atomic E-state index is 13.8. The average molecular weight is 380 g/mol. The van der Waals surface area contributed by atoms with E-state index in [1.165, 1.54) is 36.0 Å². The van der Waals surface area contributed by atoms with Gasteiger partial charge in [-0.1, -0.05) is 18.2 Å². The second kappa shape index (κ2) is 8.21. The second-order valence-electron chi connectivity index (χ2n) is 6.84. The van der Waals surface area contributed by atoms with Crippen LogP contribution in [0.1, 0.15) is 41.6 Å². The number of carbonyl (C=O) groups excluding carboxylic acids is 1. The van der Waals surface area contributed by atoms with Gasteiger partial charge < -0.3 is 10.1 Å². The van der Waals surface area contributed by atoms with Gasteiger partial charge in [0, 0.05) is 25.0 Å². The van der Waals surface area contributed by atoms with Crippen molar-refractivity contribution in [3.63, 3.8) is 0 Å². The zero-order valence-corrected chi connectivity index (χ0v) is 15.3. The summed E-state index contributed by atoms with van der Waals surface area (Å²) in [5, 5.41) is 6.89. The van der Waals surface area contributed by atoms with Crippen LogP contribution in [0.5, 0.6) is 5.88 Å². The molecule has 1 amide bonds. The highest BCUT2D eigenvalue weighted by Gasteiger charge is 2.17. The Morgan fingerprint density at radius 3 is 2.75 bits per heavy atom. The van der Waals surface area contributed by atoms with Crippen molar-refractivity contribution >= 4 is 5.91 Å². The quantitative estimate of drug-likeness (QED) is 0.709. The van der Waals surface area contributed by atoms with Gasteiger partial charge in [-0.05, 0) is 43.4 Å². The van der Waals surface area contributed by atoms with E-state index in [0.717, 1.165) is 18.4 Å². The summed E-state index contributed by atoms with van der Waals surface area (Å²) in [7, 11) is 0. The Morgan fingerprint density at radius 2 is 2.00 bits per heavy atom. The van der Waals surface area contributed by atoms with Crippen molar-refractivity contribution in [2.24, 2.45) is 0 Å². The number of para-hydroxylation sites is 1. The first kappa shape index (κ1) is 18.2. The summed E-state index contributed by atoms with van der Waals surface area (Å²) in [5.41, 5.74) is 1.52. The molecular formula is C21H21FN4O2. The summed E-state index contributed by atoms with van der Waals surface area (Å²) in [5.74, 6) is -0.0643. The van der Waals surface area contributed by atoms with E-state index in [-0.39, 0.29) is 12.0 Å². The summed E-state index contributed by atoms with van der Waals surface area (Å²) in [6, 6.07) is 9.99. The van der Waals surface area contributed by atoms with Crippen molar-refractivity contribution in [2.45, 2.75) is 38.3 Å². The fourth-order valence-corrected chi connectivity index (χ4v) is 3.26. The molecule has 0 spiro atoms. The van der Waals surface area contributed by atoms with Gasteiger partial charge in [0.25, 0.3) is 5.91 Å². The monoisotopic (exact) mass is 380 g/mol. The highest BCUT2D eigenvalue weighted by atomic mass is 19.1. The van der Waals surface area contributed by atoms with Gasteiger partial charge in [-0.25, -0.2) is 14.1 Å². The number of amides is 1. The predicted molar refractivity (Wildman–Crippen MR) is 102 cm³/mol. The molecule has 0 aliphatic heterocycles. The first-order valence-electron chi connectivity index (χ1n) is 9.38. The van der Waals surface area contributed by atoms with Crippen LogP contribution in [0.2, 0.25) is 0 Å². The minimum absolute atomic E-state index is 0.268. The molecule has 1 aliphatic carbocycles. The smallest absolute Gasteiger partial charge is 0.254 e. The summed E-state index contributed by atoms with van der Waals surface area (Å²) in [6.07, 6.45) is 9.48. The summed E-state index contributed by atoms with van der Waals surface area (Å²) in [6.45, 7) is 0.334. The van der Waals surface area contributed by atoms with E-state index in [4.69, 9.17) is 4.74 Å². The Labute approximate surface area is 162 Å². The number of aromatic nitrogens is 3. The van der Waals surface area contributed by atoms with Gasteiger partial charge in [0.05, 0.1) is 11.8 Å². The Morgan fingerprint density at radius 1 is 1.18 bits per heavy atom. The van der Waals surface area contributed by atoms with Crippen LogP contribution in [0, 0.1) is 5.82 Å². The van der Waals surface area contributed by atoms with Crippen LogP contribution < -0.4 is 10.1 Å². The molecule has 0 bridgehead atoms. The number of rotatable bonds is 6. The standard InChI is InChI=1S/C21H21FN4O2/c22-18-7-3-4-8-19(18)26-14-16(13-25-26)21(27)24-12-15-9-10-20(23-11-15)28-17-5-1-2-6-17/h3-4,7-11,13-14,17H,1-2,5-6,12H2,(H,24,27). The largest absolute Gasteiger partial charge is 0.474 e. The molecule has 1 fully saturated rings. The van der Waals surface area contributed by atoms with Crippen molar-refractivity contribution in [1.29, 1.82) is 0 Å². The van der Waals surface area contributed by atoms with Crippen LogP contribution >= 0.6 is 0 Å². The minimum Gasteiger partial charge on any atom is -0.474 e. The number of carbonyl (C=O) groups is 1. The molecular weight excluding hydrogens is 359 g/mol. The lowest BCUT2D eigenvalue weighted by Crippen LogP contribution is -2.22. The van der Waals surface area contributed by atoms with Crippen LogP contribution in [-0.4, -0.2) is 26.8 Å². The molecule has 3 aromatic rings. The number of hydrogen-bond donors (Lipinski definition) is 1. The molecule has 6 nitrogen and oxygen atoms in total. The van der Waals surface area contributed by atoms with E-state index >= 15 is 0 Å². The third kappa shape index (κ3) is 4.19. The lowest BCUT2D eigenvalue weighted by Gasteiger charge is -2.12. The molecule has 28 heavy (non-hydrogen) atoms. The van der Waals surface area contributed by atoms with E-state index < -0.39 is 5.82 Å². The Bertz CT molecular complexity index is 949. The number of pyridine rings is 1. The zero-order valence-electron chi connectivity index (χ0n) is 15.3. The lowest BCUT2D eigenvalue weighted by atomic mass is 10.2. The maximum atomic E-state index is 13.8. The van der Waals surface area contributed by atoms with Crippen molar-refractivity contribution in [3.8, 4) is 11.6 Å². The van der Waals surface area contributed by atoms with Gasteiger partial charge >= 0.3 is 0 Å². The molecule has 1 aromatic carbocycles. The van der Waals surface area contributed by atoms with Crippen LogP contribution in [0.15, 0.2) is 55.0 Å². The molecule has 0 unspecified atom stereocenters. The van der Waals surface area contributed by atoms with Crippen LogP contribution in [-0.2, 0) is 6.54 Å². The highest BCUT2D eigenvalue weighted by Crippen LogP contribution is 2.22. The Balaban J connectivity index is 1.33. The molecule has 0 radical (unpaired) electrons. The van der Waals surface area contributed by atoms with Crippen LogP contribution in [0.3, 0.4) is 0 Å². The first-order chi connectivity index (χ1) is 13.7. The highest BCUT2D eigenvalue weighted by molar-refractivity contribution is 5.93. The van der Waals surface area contributed by atoms with Gasteiger partial charge in [0.15, 0.2) is 0 Å².